The number of aryl methyl sites for hydroxylation is 2. The largest absolute Gasteiger partial charge is 0.335 e. The lowest BCUT2D eigenvalue weighted by atomic mass is 10.0. The molecule has 0 aliphatic carbocycles. The number of rotatable bonds is 2. The van der Waals surface area contributed by atoms with Gasteiger partial charge in [-0.15, -0.1) is 0 Å². The molecular formula is C20H24N4O2. The molecule has 6 heteroatoms. The van der Waals surface area contributed by atoms with Crippen LogP contribution in [0.25, 0.3) is 0 Å². The van der Waals surface area contributed by atoms with Crippen LogP contribution in [0.15, 0.2) is 30.6 Å². The third kappa shape index (κ3) is 3.45. The van der Waals surface area contributed by atoms with Gasteiger partial charge in [0.2, 0.25) is 0 Å². The molecule has 2 heterocycles. The van der Waals surface area contributed by atoms with Gasteiger partial charge in [0.15, 0.2) is 0 Å². The summed E-state index contributed by atoms with van der Waals surface area (Å²) >= 11 is 0. The van der Waals surface area contributed by atoms with Crippen LogP contribution in [-0.4, -0.2) is 57.3 Å². The average molecular weight is 352 g/mol. The molecule has 1 aliphatic rings. The summed E-state index contributed by atoms with van der Waals surface area (Å²) in [6.45, 7) is 9.32. The Balaban J connectivity index is 1.73. The number of aromatic nitrogens is 2. The Morgan fingerprint density at radius 1 is 1.08 bits per heavy atom. The Kier molecular flexibility index (Phi) is 5.02. The summed E-state index contributed by atoms with van der Waals surface area (Å²) in [7, 11) is 0. The fraction of sp³-hybridized carbons (Fsp3) is 0.400. The van der Waals surface area contributed by atoms with E-state index in [0.717, 1.165) is 22.4 Å². The SMILES string of the molecule is Cc1cc(C(=O)N2CCN(C(=O)c3cccc(C)c3C)CC2C)ncn1. The number of hydrogen-bond donors (Lipinski definition) is 0. The fourth-order valence-corrected chi connectivity index (χ4v) is 3.32. The highest BCUT2D eigenvalue weighted by atomic mass is 16.2. The summed E-state index contributed by atoms with van der Waals surface area (Å²) in [5.74, 6) is -0.0788. The van der Waals surface area contributed by atoms with E-state index in [1.165, 1.54) is 6.33 Å². The van der Waals surface area contributed by atoms with Crippen LogP contribution < -0.4 is 0 Å². The second-order valence-electron chi connectivity index (χ2n) is 6.89. The zero-order chi connectivity index (χ0) is 18.8. The van der Waals surface area contributed by atoms with Crippen molar-refractivity contribution in [1.29, 1.82) is 0 Å². The second kappa shape index (κ2) is 7.23. The monoisotopic (exact) mass is 352 g/mol. The van der Waals surface area contributed by atoms with Gasteiger partial charge in [-0.3, -0.25) is 9.59 Å². The van der Waals surface area contributed by atoms with Gasteiger partial charge >= 0.3 is 0 Å². The maximum Gasteiger partial charge on any atom is 0.272 e. The summed E-state index contributed by atoms with van der Waals surface area (Å²) in [5.41, 5.74) is 4.03. The number of hydrogen-bond acceptors (Lipinski definition) is 4. The molecule has 0 spiro atoms. The van der Waals surface area contributed by atoms with E-state index in [-0.39, 0.29) is 17.9 Å². The van der Waals surface area contributed by atoms with E-state index in [2.05, 4.69) is 9.97 Å². The van der Waals surface area contributed by atoms with Gasteiger partial charge in [0, 0.05) is 36.9 Å². The molecule has 1 aliphatic heterocycles. The van der Waals surface area contributed by atoms with Gasteiger partial charge in [0.1, 0.15) is 12.0 Å². The first-order valence-corrected chi connectivity index (χ1v) is 8.83. The predicted octanol–water partition coefficient (Wildman–Crippen LogP) is 2.39. The van der Waals surface area contributed by atoms with Gasteiger partial charge in [-0.2, -0.15) is 0 Å². The summed E-state index contributed by atoms with van der Waals surface area (Å²) in [4.78, 5) is 37.4. The first kappa shape index (κ1) is 18.0. The molecule has 6 nitrogen and oxygen atoms in total. The molecule has 1 saturated heterocycles. The van der Waals surface area contributed by atoms with Crippen LogP contribution in [0, 0.1) is 20.8 Å². The van der Waals surface area contributed by atoms with Crippen molar-refractivity contribution in [3.63, 3.8) is 0 Å². The van der Waals surface area contributed by atoms with Crippen LogP contribution in [0.1, 0.15) is 44.6 Å². The average Bonchev–Trinajstić information content (AvgIpc) is 2.63. The molecule has 1 fully saturated rings. The summed E-state index contributed by atoms with van der Waals surface area (Å²) in [6, 6.07) is 7.42. The van der Waals surface area contributed by atoms with Gasteiger partial charge in [-0.05, 0) is 51.0 Å². The van der Waals surface area contributed by atoms with E-state index < -0.39 is 0 Å². The quantitative estimate of drug-likeness (QED) is 0.832. The Morgan fingerprint density at radius 3 is 2.54 bits per heavy atom. The van der Waals surface area contributed by atoms with E-state index in [4.69, 9.17) is 0 Å². The lowest BCUT2D eigenvalue weighted by Crippen LogP contribution is -2.55. The highest BCUT2D eigenvalue weighted by Gasteiger charge is 2.31. The van der Waals surface area contributed by atoms with E-state index in [0.29, 0.717) is 25.3 Å². The van der Waals surface area contributed by atoms with Crippen LogP contribution in [0.5, 0.6) is 0 Å². The van der Waals surface area contributed by atoms with E-state index in [1.54, 1.807) is 11.0 Å². The Hall–Kier alpha value is -2.76. The Morgan fingerprint density at radius 2 is 1.85 bits per heavy atom. The van der Waals surface area contributed by atoms with Crippen LogP contribution >= 0.6 is 0 Å². The van der Waals surface area contributed by atoms with Crippen molar-refractivity contribution < 1.29 is 9.59 Å². The van der Waals surface area contributed by atoms with Gasteiger partial charge in [-0.1, -0.05) is 12.1 Å². The van der Waals surface area contributed by atoms with Crippen LogP contribution in [0.4, 0.5) is 0 Å². The Labute approximate surface area is 153 Å². The maximum absolute atomic E-state index is 12.9. The minimum absolute atomic E-state index is 0.0306. The maximum atomic E-state index is 12.9. The number of piperazine rings is 1. The molecule has 0 bridgehead atoms. The van der Waals surface area contributed by atoms with E-state index in [9.17, 15) is 9.59 Å². The number of amides is 2. The molecule has 136 valence electrons. The van der Waals surface area contributed by atoms with Gasteiger partial charge < -0.3 is 9.80 Å². The highest BCUT2D eigenvalue weighted by molar-refractivity contribution is 5.96. The highest BCUT2D eigenvalue weighted by Crippen LogP contribution is 2.19. The first-order valence-electron chi connectivity index (χ1n) is 8.83. The zero-order valence-electron chi connectivity index (χ0n) is 15.7. The van der Waals surface area contributed by atoms with E-state index >= 15 is 0 Å². The molecule has 2 aromatic rings. The number of benzene rings is 1. The smallest absolute Gasteiger partial charge is 0.272 e. The molecule has 1 aromatic carbocycles. The van der Waals surface area contributed by atoms with Gasteiger partial charge in [0.25, 0.3) is 11.8 Å². The third-order valence-corrected chi connectivity index (χ3v) is 5.03. The molecule has 1 atom stereocenters. The minimum Gasteiger partial charge on any atom is -0.335 e. The topological polar surface area (TPSA) is 66.4 Å². The van der Waals surface area contributed by atoms with Crippen LogP contribution in [0.3, 0.4) is 0 Å². The van der Waals surface area contributed by atoms with Crippen molar-refractivity contribution in [3.8, 4) is 0 Å². The number of carbonyl (C=O) groups excluding carboxylic acids is 2. The normalized spacial score (nSPS) is 17.3. The van der Waals surface area contributed by atoms with Gasteiger partial charge in [0.05, 0.1) is 0 Å². The molecular weight excluding hydrogens is 328 g/mol. The molecule has 0 radical (unpaired) electrons. The number of carbonyl (C=O) groups is 2. The molecule has 0 saturated carbocycles. The van der Waals surface area contributed by atoms with Crippen molar-refractivity contribution in [2.24, 2.45) is 0 Å². The molecule has 0 N–H and O–H groups in total. The van der Waals surface area contributed by atoms with Crippen molar-refractivity contribution in [1.82, 2.24) is 19.8 Å². The van der Waals surface area contributed by atoms with Crippen molar-refractivity contribution in [2.75, 3.05) is 19.6 Å². The lowest BCUT2D eigenvalue weighted by molar-refractivity contribution is 0.0410. The minimum atomic E-state index is -0.109. The molecule has 1 unspecified atom stereocenters. The number of nitrogens with zero attached hydrogens (tertiary/aromatic N) is 4. The zero-order valence-corrected chi connectivity index (χ0v) is 15.7. The lowest BCUT2D eigenvalue weighted by Gasteiger charge is -2.40. The fourth-order valence-electron chi connectivity index (χ4n) is 3.32. The third-order valence-electron chi connectivity index (χ3n) is 5.03. The van der Waals surface area contributed by atoms with Crippen LogP contribution in [-0.2, 0) is 0 Å². The van der Waals surface area contributed by atoms with Crippen LogP contribution in [0.2, 0.25) is 0 Å². The predicted molar refractivity (Wildman–Crippen MR) is 99.1 cm³/mol. The summed E-state index contributed by atoms with van der Waals surface area (Å²) < 4.78 is 0. The first-order chi connectivity index (χ1) is 12.4. The summed E-state index contributed by atoms with van der Waals surface area (Å²) in [5, 5.41) is 0. The molecule has 2 amide bonds. The second-order valence-corrected chi connectivity index (χ2v) is 6.89. The van der Waals surface area contributed by atoms with Gasteiger partial charge in [-0.25, -0.2) is 9.97 Å². The molecule has 3 rings (SSSR count). The van der Waals surface area contributed by atoms with Crippen molar-refractivity contribution in [2.45, 2.75) is 33.7 Å². The van der Waals surface area contributed by atoms with E-state index in [1.807, 2.05) is 50.8 Å². The summed E-state index contributed by atoms with van der Waals surface area (Å²) in [6.07, 6.45) is 1.41. The Bertz CT molecular complexity index is 849. The standard InChI is InChI=1S/C20H24N4O2/c1-13-6-5-7-17(16(13)4)19(25)23-8-9-24(15(3)11-23)20(26)18-10-14(2)21-12-22-18/h5-7,10,12,15H,8-9,11H2,1-4H3. The van der Waals surface area contributed by atoms with Crippen molar-refractivity contribution in [3.05, 3.63) is 58.7 Å². The molecule has 1 aromatic heterocycles. The molecule has 26 heavy (non-hydrogen) atoms. The van der Waals surface area contributed by atoms with Crippen molar-refractivity contribution >= 4 is 11.8 Å².